The summed E-state index contributed by atoms with van der Waals surface area (Å²) >= 11 is 0. The van der Waals surface area contributed by atoms with Gasteiger partial charge in [0.1, 0.15) is 11.2 Å². The molecule has 1 aliphatic rings. The van der Waals surface area contributed by atoms with Gasteiger partial charge >= 0.3 is 0 Å². The highest BCUT2D eigenvalue weighted by Gasteiger charge is 2.35. The first-order valence-corrected chi connectivity index (χ1v) is 22.2. The summed E-state index contributed by atoms with van der Waals surface area (Å²) in [6, 6.07) is 79.7. The van der Waals surface area contributed by atoms with Gasteiger partial charge in [0.25, 0.3) is 0 Å². The van der Waals surface area contributed by atoms with Crippen molar-refractivity contribution in [1.82, 2.24) is 4.57 Å². The van der Waals surface area contributed by atoms with Crippen molar-refractivity contribution in [1.29, 1.82) is 0 Å². The van der Waals surface area contributed by atoms with Crippen molar-refractivity contribution in [3.8, 4) is 39.1 Å². The first-order chi connectivity index (χ1) is 31.5. The number of hydrogen-bond acceptors (Lipinski definition) is 2. The highest BCUT2D eigenvalue weighted by Crippen LogP contribution is 2.51. The predicted octanol–water partition coefficient (Wildman–Crippen LogP) is 16.9. The van der Waals surface area contributed by atoms with E-state index < -0.39 is 0 Å². The number of furan rings is 1. The van der Waals surface area contributed by atoms with E-state index in [1.165, 1.54) is 66.0 Å². The van der Waals surface area contributed by atoms with E-state index in [1.807, 2.05) is 0 Å². The molecule has 0 N–H and O–H groups in total. The van der Waals surface area contributed by atoms with Gasteiger partial charge in [-0.15, -0.1) is 0 Å². The minimum atomic E-state index is -0.0926. The van der Waals surface area contributed by atoms with Gasteiger partial charge in [0.15, 0.2) is 0 Å². The minimum absolute atomic E-state index is 0.0926. The van der Waals surface area contributed by atoms with Crippen molar-refractivity contribution in [2.24, 2.45) is 0 Å². The molecule has 3 heteroatoms. The fourth-order valence-electron chi connectivity index (χ4n) is 10.7. The highest BCUT2D eigenvalue weighted by atomic mass is 16.3. The van der Waals surface area contributed by atoms with Crippen LogP contribution in [0.25, 0.3) is 93.6 Å². The number of fused-ring (bicyclic) bond motifs is 10. The molecule has 64 heavy (non-hydrogen) atoms. The van der Waals surface area contributed by atoms with Crippen molar-refractivity contribution >= 4 is 71.6 Å². The van der Waals surface area contributed by atoms with E-state index in [9.17, 15) is 0 Å². The van der Waals surface area contributed by atoms with Crippen LogP contribution >= 0.6 is 0 Å². The Morgan fingerprint density at radius 3 is 1.88 bits per heavy atom. The van der Waals surface area contributed by atoms with E-state index >= 15 is 0 Å². The van der Waals surface area contributed by atoms with Crippen LogP contribution in [0.3, 0.4) is 0 Å². The largest absolute Gasteiger partial charge is 0.455 e. The number of para-hydroxylation sites is 3. The second kappa shape index (κ2) is 13.9. The van der Waals surface area contributed by atoms with E-state index in [2.05, 4.69) is 242 Å². The van der Waals surface area contributed by atoms with E-state index in [-0.39, 0.29) is 5.41 Å². The summed E-state index contributed by atoms with van der Waals surface area (Å²) in [5, 5.41) is 7.08. The molecule has 0 bridgehead atoms. The fourth-order valence-corrected chi connectivity index (χ4v) is 10.7. The third kappa shape index (κ3) is 5.47. The average molecular weight is 819 g/mol. The van der Waals surface area contributed by atoms with Crippen molar-refractivity contribution in [2.45, 2.75) is 19.3 Å². The Kier molecular flexibility index (Phi) is 7.95. The quantitative estimate of drug-likeness (QED) is 0.167. The number of anilines is 3. The molecule has 0 aliphatic heterocycles. The van der Waals surface area contributed by atoms with Crippen molar-refractivity contribution in [3.05, 3.63) is 230 Å². The maximum absolute atomic E-state index is 6.94. The smallest absolute Gasteiger partial charge is 0.145 e. The predicted molar refractivity (Wildman–Crippen MR) is 269 cm³/mol. The van der Waals surface area contributed by atoms with E-state index in [1.54, 1.807) is 0 Å². The maximum Gasteiger partial charge on any atom is 0.145 e. The van der Waals surface area contributed by atoms with Crippen LogP contribution in [0.2, 0.25) is 0 Å². The van der Waals surface area contributed by atoms with Crippen molar-refractivity contribution in [3.63, 3.8) is 0 Å². The van der Waals surface area contributed by atoms with Crippen LogP contribution in [0.4, 0.5) is 17.1 Å². The van der Waals surface area contributed by atoms with Crippen LogP contribution in [-0.2, 0) is 5.41 Å². The molecule has 12 aromatic rings. The number of aromatic nitrogens is 1. The molecule has 0 spiro atoms. The first-order valence-electron chi connectivity index (χ1n) is 22.2. The Hall–Kier alpha value is -8.14. The molecule has 10 aromatic carbocycles. The molecular formula is C61H42N2O. The topological polar surface area (TPSA) is 21.3 Å². The molecule has 1 aliphatic carbocycles. The summed E-state index contributed by atoms with van der Waals surface area (Å²) in [5.74, 6) is 0. The Bertz CT molecular complexity index is 3770. The zero-order valence-electron chi connectivity index (χ0n) is 35.6. The Morgan fingerprint density at radius 1 is 0.422 bits per heavy atom. The Morgan fingerprint density at radius 2 is 1.06 bits per heavy atom. The van der Waals surface area contributed by atoms with Crippen LogP contribution in [0.15, 0.2) is 223 Å². The minimum Gasteiger partial charge on any atom is -0.455 e. The number of rotatable bonds is 6. The summed E-state index contributed by atoms with van der Waals surface area (Å²) in [5.41, 5.74) is 18.2. The average Bonchev–Trinajstić information content (AvgIpc) is 3.97. The fraction of sp³-hybridized carbons (Fsp3) is 0.0492. The third-order valence-corrected chi connectivity index (χ3v) is 13.8. The highest BCUT2D eigenvalue weighted by molar-refractivity contribution is 6.14. The molecule has 0 saturated heterocycles. The third-order valence-electron chi connectivity index (χ3n) is 13.8. The summed E-state index contributed by atoms with van der Waals surface area (Å²) < 4.78 is 9.32. The van der Waals surface area contributed by atoms with Gasteiger partial charge in [0.05, 0.1) is 16.7 Å². The molecule has 0 fully saturated rings. The van der Waals surface area contributed by atoms with Crippen molar-refractivity contribution < 1.29 is 4.42 Å². The van der Waals surface area contributed by atoms with Gasteiger partial charge in [-0.1, -0.05) is 159 Å². The number of hydrogen-bond donors (Lipinski definition) is 0. The van der Waals surface area contributed by atoms with Gasteiger partial charge in [0.2, 0.25) is 0 Å². The summed E-state index contributed by atoms with van der Waals surface area (Å²) in [7, 11) is 0. The zero-order chi connectivity index (χ0) is 42.5. The van der Waals surface area contributed by atoms with Gasteiger partial charge in [-0.05, 0) is 123 Å². The monoisotopic (exact) mass is 818 g/mol. The molecular weight excluding hydrogens is 777 g/mol. The zero-order valence-corrected chi connectivity index (χ0v) is 35.6. The molecule has 0 atom stereocenters. The second-order valence-electron chi connectivity index (χ2n) is 17.7. The van der Waals surface area contributed by atoms with Gasteiger partial charge in [-0.3, -0.25) is 0 Å². The van der Waals surface area contributed by atoms with E-state index in [0.29, 0.717) is 0 Å². The Balaban J connectivity index is 1.02. The molecule has 0 saturated carbocycles. The SMILES string of the molecule is CC1(C)c2ccccc2-c2ccc(-c3cccc(N(c4ccc5ccccc5c4)c4ccc5c(oc6ccccc65)c4-c4ccc(-n5c6ccccc6c6ccccc65)cc4)c3)cc21. The van der Waals surface area contributed by atoms with Crippen LogP contribution < -0.4 is 4.90 Å². The second-order valence-corrected chi connectivity index (χ2v) is 17.7. The molecule has 3 nitrogen and oxygen atoms in total. The van der Waals surface area contributed by atoms with Gasteiger partial charge in [-0.2, -0.15) is 0 Å². The first kappa shape index (κ1) is 36.5. The summed E-state index contributed by atoms with van der Waals surface area (Å²) in [6.07, 6.45) is 0. The van der Waals surface area contributed by atoms with Crippen LogP contribution in [0, 0.1) is 0 Å². The van der Waals surface area contributed by atoms with Gasteiger partial charge in [0, 0.05) is 49.6 Å². The summed E-state index contributed by atoms with van der Waals surface area (Å²) in [4.78, 5) is 2.42. The molecule has 2 aromatic heterocycles. The molecule has 302 valence electrons. The lowest BCUT2D eigenvalue weighted by molar-refractivity contribution is 0.660. The molecule has 0 radical (unpaired) electrons. The van der Waals surface area contributed by atoms with E-state index in [0.717, 1.165) is 55.8 Å². The van der Waals surface area contributed by atoms with Crippen molar-refractivity contribution in [2.75, 3.05) is 4.90 Å². The molecule has 0 amide bonds. The normalized spacial score (nSPS) is 13.0. The number of benzene rings is 10. The molecule has 0 unspecified atom stereocenters. The lowest BCUT2D eigenvalue weighted by Crippen LogP contribution is -2.14. The standard InChI is InChI=1S/C61H42N2O/c1-61(2)53-22-9-5-18-47(53)48-33-29-43(38-54(48)61)42-16-13-17-45(37-42)62(46-32-26-39-14-3-4-15-41(39)36-46)57-35-34-52-51-21-8-12-25-58(51)64-60(52)59(57)40-27-30-44(31-28-40)63-55-23-10-6-19-49(55)50-20-7-11-24-56(50)63/h3-38H,1-2H3. The molecule has 2 heterocycles. The summed E-state index contributed by atoms with van der Waals surface area (Å²) in [6.45, 7) is 4.70. The number of nitrogens with zero attached hydrogens (tertiary/aromatic N) is 2. The van der Waals surface area contributed by atoms with Crippen LogP contribution in [0.1, 0.15) is 25.0 Å². The lowest BCUT2D eigenvalue weighted by Gasteiger charge is -2.29. The van der Waals surface area contributed by atoms with Crippen LogP contribution in [-0.4, -0.2) is 4.57 Å². The van der Waals surface area contributed by atoms with Crippen LogP contribution in [0.5, 0.6) is 0 Å². The molecule has 13 rings (SSSR count). The van der Waals surface area contributed by atoms with E-state index in [4.69, 9.17) is 4.42 Å². The maximum atomic E-state index is 6.94. The van der Waals surface area contributed by atoms with Gasteiger partial charge in [-0.25, -0.2) is 0 Å². The lowest BCUT2D eigenvalue weighted by atomic mass is 9.81. The van der Waals surface area contributed by atoms with Gasteiger partial charge < -0.3 is 13.9 Å². The Labute approximate surface area is 371 Å².